The summed E-state index contributed by atoms with van der Waals surface area (Å²) in [7, 11) is 1.29. The average molecular weight is 453 g/mol. The Kier molecular flexibility index (Phi) is 5.84. The van der Waals surface area contributed by atoms with E-state index in [2.05, 4.69) is 5.32 Å². The van der Waals surface area contributed by atoms with Crippen LogP contribution in [0, 0.1) is 16.0 Å². The van der Waals surface area contributed by atoms with E-state index in [-0.39, 0.29) is 23.8 Å². The molecule has 0 fully saturated rings. The van der Waals surface area contributed by atoms with Gasteiger partial charge in [-0.05, 0) is 30.2 Å². The van der Waals surface area contributed by atoms with Crippen LogP contribution in [-0.2, 0) is 14.3 Å². The number of ether oxygens (including phenoxy) is 1. The zero-order valence-electron chi connectivity index (χ0n) is 17.5. The Morgan fingerprint density at radius 2 is 1.72 bits per heavy atom. The van der Waals surface area contributed by atoms with Crippen LogP contribution in [0.15, 0.2) is 71.6 Å². The summed E-state index contributed by atoms with van der Waals surface area (Å²) in [5.41, 5.74) is 3.22. The minimum Gasteiger partial charge on any atom is -0.466 e. The number of Topliss-reactive ketones (excluding diaryl/α,β-unsaturated/α-hetero) is 1. The first kappa shape index (κ1) is 21.8. The number of fused-ring (bicyclic) bond motifs is 1. The SMILES string of the molecule is COC(=O)C1=C(C)NC2=CC(c3ccc(Cl)cc3)CC(=O)C2C1c1ccc([N+](=O)[O-])cc1. The molecule has 32 heavy (non-hydrogen) atoms. The Morgan fingerprint density at radius 3 is 2.31 bits per heavy atom. The van der Waals surface area contributed by atoms with Crippen molar-refractivity contribution in [3.05, 3.63) is 97.8 Å². The number of hydrogen-bond acceptors (Lipinski definition) is 6. The lowest BCUT2D eigenvalue weighted by atomic mass is 9.68. The van der Waals surface area contributed by atoms with E-state index in [1.807, 2.05) is 18.2 Å². The van der Waals surface area contributed by atoms with Crippen molar-refractivity contribution in [2.24, 2.45) is 5.92 Å². The van der Waals surface area contributed by atoms with E-state index in [9.17, 15) is 19.7 Å². The van der Waals surface area contributed by atoms with Crippen molar-refractivity contribution in [1.82, 2.24) is 5.32 Å². The molecule has 8 heteroatoms. The Bertz CT molecular complexity index is 1150. The predicted octanol–water partition coefficient (Wildman–Crippen LogP) is 4.64. The molecule has 3 atom stereocenters. The molecule has 2 aliphatic rings. The van der Waals surface area contributed by atoms with Crippen molar-refractivity contribution in [1.29, 1.82) is 0 Å². The molecule has 1 N–H and O–H groups in total. The lowest BCUT2D eigenvalue weighted by Gasteiger charge is -2.39. The Morgan fingerprint density at radius 1 is 1.09 bits per heavy atom. The molecule has 0 saturated carbocycles. The molecule has 2 aromatic rings. The van der Waals surface area contributed by atoms with Crippen molar-refractivity contribution in [3.8, 4) is 0 Å². The summed E-state index contributed by atoms with van der Waals surface area (Å²) in [5, 5.41) is 14.9. The minimum absolute atomic E-state index is 0.0211. The Hall–Kier alpha value is -3.45. The first-order valence-corrected chi connectivity index (χ1v) is 10.5. The largest absolute Gasteiger partial charge is 0.466 e. The lowest BCUT2D eigenvalue weighted by Crippen LogP contribution is -2.41. The number of nitrogens with one attached hydrogen (secondary N) is 1. The molecule has 3 unspecified atom stereocenters. The summed E-state index contributed by atoms with van der Waals surface area (Å²) in [6, 6.07) is 13.3. The third-order valence-corrected chi connectivity index (χ3v) is 6.28. The fourth-order valence-electron chi connectivity index (χ4n) is 4.54. The second kappa shape index (κ2) is 8.59. The number of ketones is 1. The zero-order chi connectivity index (χ0) is 23.0. The standard InChI is InChI=1S/C24H21ClN2O5/c1-13-21(24(29)32-2)22(15-5-9-18(10-6-15)27(30)31)23-19(26-13)11-16(12-20(23)28)14-3-7-17(25)8-4-14/h3-11,16,22-23,26H,12H2,1-2H3. The van der Waals surface area contributed by atoms with Crippen LogP contribution in [0.4, 0.5) is 5.69 Å². The van der Waals surface area contributed by atoms with E-state index in [4.69, 9.17) is 16.3 Å². The Labute approximate surface area is 189 Å². The van der Waals surface area contributed by atoms with Gasteiger partial charge < -0.3 is 10.1 Å². The van der Waals surface area contributed by atoms with E-state index >= 15 is 0 Å². The number of nitro groups is 1. The molecule has 0 radical (unpaired) electrons. The number of non-ortho nitro benzene ring substituents is 1. The molecule has 0 saturated heterocycles. The van der Waals surface area contributed by atoms with Gasteiger partial charge in [-0.1, -0.05) is 41.9 Å². The van der Waals surface area contributed by atoms with Gasteiger partial charge in [0.05, 0.1) is 23.5 Å². The van der Waals surface area contributed by atoms with Crippen LogP contribution >= 0.6 is 11.6 Å². The van der Waals surface area contributed by atoms with Gasteiger partial charge in [-0.25, -0.2) is 4.79 Å². The molecule has 1 heterocycles. The topological polar surface area (TPSA) is 98.5 Å². The van der Waals surface area contributed by atoms with Gasteiger partial charge in [0, 0.05) is 46.8 Å². The maximum atomic E-state index is 13.4. The van der Waals surface area contributed by atoms with Crippen LogP contribution in [0.25, 0.3) is 0 Å². The highest BCUT2D eigenvalue weighted by molar-refractivity contribution is 6.30. The summed E-state index contributed by atoms with van der Waals surface area (Å²) in [4.78, 5) is 36.7. The van der Waals surface area contributed by atoms with Gasteiger partial charge in [-0.2, -0.15) is 0 Å². The summed E-state index contributed by atoms with van der Waals surface area (Å²) in [5.74, 6) is -1.90. The number of hydrogen-bond donors (Lipinski definition) is 1. The second-order valence-corrected chi connectivity index (χ2v) is 8.35. The average Bonchev–Trinajstić information content (AvgIpc) is 2.78. The summed E-state index contributed by atoms with van der Waals surface area (Å²) in [6.45, 7) is 1.76. The van der Waals surface area contributed by atoms with Crippen LogP contribution in [0.5, 0.6) is 0 Å². The minimum atomic E-state index is -0.613. The molecule has 0 bridgehead atoms. The zero-order valence-corrected chi connectivity index (χ0v) is 18.3. The van der Waals surface area contributed by atoms with Gasteiger partial charge in [0.1, 0.15) is 5.78 Å². The monoisotopic (exact) mass is 452 g/mol. The number of carbonyl (C=O) groups excluding carboxylic acids is 2. The highest BCUT2D eigenvalue weighted by Crippen LogP contribution is 2.46. The van der Waals surface area contributed by atoms with Crippen LogP contribution in [0.3, 0.4) is 0 Å². The number of halogens is 1. The summed E-state index contributed by atoms with van der Waals surface area (Å²) < 4.78 is 5.00. The Balaban J connectivity index is 1.81. The number of nitro benzene ring substituents is 1. The summed E-state index contributed by atoms with van der Waals surface area (Å²) >= 11 is 6.00. The van der Waals surface area contributed by atoms with E-state index in [0.717, 1.165) is 11.3 Å². The maximum absolute atomic E-state index is 13.4. The number of benzene rings is 2. The smallest absolute Gasteiger partial charge is 0.336 e. The molecule has 0 aromatic heterocycles. The number of allylic oxidation sites excluding steroid dienone is 3. The van der Waals surface area contributed by atoms with Gasteiger partial charge in [-0.15, -0.1) is 0 Å². The van der Waals surface area contributed by atoms with Crippen molar-refractivity contribution >= 4 is 29.0 Å². The van der Waals surface area contributed by atoms with Gasteiger partial charge >= 0.3 is 5.97 Å². The molecule has 2 aromatic carbocycles. The second-order valence-electron chi connectivity index (χ2n) is 7.91. The van der Waals surface area contributed by atoms with Crippen molar-refractivity contribution in [3.63, 3.8) is 0 Å². The van der Waals surface area contributed by atoms with Crippen LogP contribution < -0.4 is 5.32 Å². The van der Waals surface area contributed by atoms with Crippen LogP contribution in [0.2, 0.25) is 5.02 Å². The van der Waals surface area contributed by atoms with E-state index in [1.165, 1.54) is 19.2 Å². The fourth-order valence-corrected chi connectivity index (χ4v) is 4.67. The molecule has 0 amide bonds. The highest BCUT2D eigenvalue weighted by Gasteiger charge is 2.44. The third kappa shape index (κ3) is 3.91. The normalized spacial score (nSPS) is 22.5. The molecule has 0 spiro atoms. The molecule has 164 valence electrons. The molecular formula is C24H21ClN2O5. The number of carbonyl (C=O) groups is 2. The van der Waals surface area contributed by atoms with Gasteiger partial charge in [0.2, 0.25) is 0 Å². The summed E-state index contributed by atoms with van der Waals surface area (Å²) in [6.07, 6.45) is 2.29. The van der Waals surface area contributed by atoms with Gasteiger partial charge in [-0.3, -0.25) is 14.9 Å². The van der Waals surface area contributed by atoms with E-state index < -0.39 is 22.7 Å². The van der Waals surface area contributed by atoms with Crippen molar-refractivity contribution in [2.45, 2.75) is 25.2 Å². The third-order valence-electron chi connectivity index (χ3n) is 6.03. The molecule has 1 aliphatic carbocycles. The van der Waals surface area contributed by atoms with E-state index in [0.29, 0.717) is 21.9 Å². The van der Waals surface area contributed by atoms with Gasteiger partial charge in [0.25, 0.3) is 5.69 Å². The first-order valence-electron chi connectivity index (χ1n) is 10.1. The number of nitrogens with zero attached hydrogens (tertiary/aromatic N) is 1. The van der Waals surface area contributed by atoms with Crippen LogP contribution in [0.1, 0.15) is 36.3 Å². The van der Waals surface area contributed by atoms with Gasteiger partial charge in [0.15, 0.2) is 0 Å². The molecule has 7 nitrogen and oxygen atoms in total. The number of rotatable bonds is 4. The van der Waals surface area contributed by atoms with Crippen molar-refractivity contribution < 1.29 is 19.2 Å². The van der Waals surface area contributed by atoms with Crippen molar-refractivity contribution in [2.75, 3.05) is 7.11 Å². The highest BCUT2D eigenvalue weighted by atomic mass is 35.5. The quantitative estimate of drug-likeness (QED) is 0.412. The first-order chi connectivity index (χ1) is 15.3. The van der Waals surface area contributed by atoms with E-state index in [1.54, 1.807) is 31.2 Å². The van der Waals surface area contributed by atoms with Crippen LogP contribution in [-0.4, -0.2) is 23.8 Å². The number of esters is 1. The number of methoxy groups -OCH3 is 1. The molecule has 4 rings (SSSR count). The maximum Gasteiger partial charge on any atom is 0.336 e. The molecule has 1 aliphatic heterocycles. The predicted molar refractivity (Wildman–Crippen MR) is 119 cm³/mol. The fraction of sp³-hybridized carbons (Fsp3) is 0.250. The lowest BCUT2D eigenvalue weighted by molar-refractivity contribution is -0.384. The molecular weight excluding hydrogens is 432 g/mol.